The zero-order valence-electron chi connectivity index (χ0n) is 14.9. The number of nitrogens with zero attached hydrogens (tertiary/aromatic N) is 1. The molecule has 0 aliphatic carbocycles. The van der Waals surface area contributed by atoms with Crippen LogP contribution in [0.1, 0.15) is 16.7 Å². The number of ether oxygens (including phenoxy) is 2. The van der Waals surface area contributed by atoms with E-state index in [0.29, 0.717) is 34.3 Å². The van der Waals surface area contributed by atoms with Crippen LogP contribution in [0.25, 0.3) is 11.6 Å². The van der Waals surface area contributed by atoms with Crippen molar-refractivity contribution in [1.29, 1.82) is 5.26 Å². The average Bonchev–Trinajstić information content (AvgIpc) is 2.72. The van der Waals surface area contributed by atoms with E-state index in [1.807, 2.05) is 66.7 Å². The maximum atomic E-state index is 9.55. The third-order valence-corrected chi connectivity index (χ3v) is 4.35. The van der Waals surface area contributed by atoms with E-state index in [2.05, 4.69) is 6.07 Å². The first-order valence-electron chi connectivity index (χ1n) is 8.42. The summed E-state index contributed by atoms with van der Waals surface area (Å²) >= 11 is 6.22. The molecule has 0 heterocycles. The van der Waals surface area contributed by atoms with Crippen molar-refractivity contribution in [2.75, 3.05) is 7.11 Å². The van der Waals surface area contributed by atoms with Gasteiger partial charge >= 0.3 is 0 Å². The summed E-state index contributed by atoms with van der Waals surface area (Å²) < 4.78 is 11.3. The van der Waals surface area contributed by atoms with Gasteiger partial charge in [-0.15, -0.1) is 0 Å². The fourth-order valence-electron chi connectivity index (χ4n) is 2.65. The maximum absolute atomic E-state index is 9.55. The lowest BCUT2D eigenvalue weighted by Gasteiger charge is -2.12. The number of methoxy groups -OCH3 is 1. The normalized spacial score (nSPS) is 10.9. The molecule has 0 radical (unpaired) electrons. The Hall–Kier alpha value is -3.22. The molecule has 3 aromatic rings. The molecule has 0 aliphatic rings. The van der Waals surface area contributed by atoms with E-state index in [9.17, 15) is 5.26 Å². The van der Waals surface area contributed by atoms with Crippen LogP contribution < -0.4 is 9.47 Å². The Bertz CT molecular complexity index is 991. The Morgan fingerprint density at radius 1 is 1.00 bits per heavy atom. The standard InChI is InChI=1S/C23H18ClNO2/c1-26-22-12-11-18(13-19(15-25)20-9-5-6-10-21(20)24)14-23(22)27-16-17-7-3-2-4-8-17/h2-14H,16H2,1H3. The lowest BCUT2D eigenvalue weighted by Crippen LogP contribution is -1.98. The quantitative estimate of drug-likeness (QED) is 0.392. The molecule has 0 atom stereocenters. The van der Waals surface area contributed by atoms with E-state index in [-0.39, 0.29) is 0 Å². The fourth-order valence-corrected chi connectivity index (χ4v) is 2.89. The predicted molar refractivity (Wildman–Crippen MR) is 109 cm³/mol. The SMILES string of the molecule is COc1ccc(C=C(C#N)c2ccccc2Cl)cc1OCc1ccccc1. The number of benzene rings is 3. The van der Waals surface area contributed by atoms with E-state index >= 15 is 0 Å². The predicted octanol–water partition coefficient (Wildman–Crippen LogP) is 5.99. The third-order valence-electron chi connectivity index (χ3n) is 4.02. The van der Waals surface area contributed by atoms with Crippen molar-refractivity contribution in [3.05, 3.63) is 94.5 Å². The van der Waals surface area contributed by atoms with Gasteiger partial charge in [0.15, 0.2) is 11.5 Å². The fraction of sp³-hybridized carbons (Fsp3) is 0.0870. The molecule has 27 heavy (non-hydrogen) atoms. The highest BCUT2D eigenvalue weighted by molar-refractivity contribution is 6.32. The molecule has 0 aromatic heterocycles. The number of rotatable bonds is 6. The van der Waals surface area contributed by atoms with Crippen LogP contribution in [-0.4, -0.2) is 7.11 Å². The molecule has 0 aliphatic heterocycles. The van der Waals surface area contributed by atoms with Crippen LogP contribution in [-0.2, 0) is 6.61 Å². The summed E-state index contributed by atoms with van der Waals surface area (Å²) in [4.78, 5) is 0. The summed E-state index contributed by atoms with van der Waals surface area (Å²) in [5, 5.41) is 10.1. The van der Waals surface area contributed by atoms with Crippen molar-refractivity contribution in [2.24, 2.45) is 0 Å². The monoisotopic (exact) mass is 375 g/mol. The molecule has 0 bridgehead atoms. The molecule has 4 heteroatoms. The van der Waals surface area contributed by atoms with E-state index in [4.69, 9.17) is 21.1 Å². The van der Waals surface area contributed by atoms with Gasteiger partial charge in [0.1, 0.15) is 6.61 Å². The van der Waals surface area contributed by atoms with Crippen LogP contribution in [0.2, 0.25) is 5.02 Å². The Morgan fingerprint density at radius 2 is 1.74 bits per heavy atom. The second-order valence-corrected chi connectivity index (χ2v) is 6.24. The van der Waals surface area contributed by atoms with E-state index in [0.717, 1.165) is 11.1 Å². The summed E-state index contributed by atoms with van der Waals surface area (Å²) in [5.41, 5.74) is 3.08. The van der Waals surface area contributed by atoms with Gasteiger partial charge < -0.3 is 9.47 Å². The molecule has 0 saturated carbocycles. The van der Waals surface area contributed by atoms with Gasteiger partial charge in [-0.05, 0) is 35.4 Å². The van der Waals surface area contributed by atoms with Crippen molar-refractivity contribution < 1.29 is 9.47 Å². The van der Waals surface area contributed by atoms with Gasteiger partial charge in [0.25, 0.3) is 0 Å². The Morgan fingerprint density at radius 3 is 2.44 bits per heavy atom. The van der Waals surface area contributed by atoms with Crippen LogP contribution in [0.15, 0.2) is 72.8 Å². The zero-order chi connectivity index (χ0) is 19.1. The van der Waals surface area contributed by atoms with Crippen molar-refractivity contribution in [2.45, 2.75) is 6.61 Å². The first-order valence-corrected chi connectivity index (χ1v) is 8.80. The van der Waals surface area contributed by atoms with Crippen molar-refractivity contribution >= 4 is 23.3 Å². The summed E-state index contributed by atoms with van der Waals surface area (Å²) in [6.45, 7) is 0.431. The molecule has 3 nitrogen and oxygen atoms in total. The minimum Gasteiger partial charge on any atom is -0.493 e. The molecule has 3 rings (SSSR count). The third kappa shape index (κ3) is 4.69. The van der Waals surface area contributed by atoms with Crippen molar-refractivity contribution in [1.82, 2.24) is 0 Å². The van der Waals surface area contributed by atoms with Gasteiger partial charge in [0, 0.05) is 10.6 Å². The van der Waals surface area contributed by atoms with Gasteiger partial charge in [-0.3, -0.25) is 0 Å². The second kappa shape index (κ2) is 8.93. The maximum Gasteiger partial charge on any atom is 0.162 e. The molecule has 0 unspecified atom stereocenters. The lowest BCUT2D eigenvalue weighted by atomic mass is 10.0. The minimum atomic E-state index is 0.431. The first kappa shape index (κ1) is 18.6. The summed E-state index contributed by atoms with van der Waals surface area (Å²) in [7, 11) is 1.60. The Labute approximate surface area is 164 Å². The van der Waals surface area contributed by atoms with E-state index in [1.54, 1.807) is 19.3 Å². The number of allylic oxidation sites excluding steroid dienone is 1. The molecular formula is C23H18ClNO2. The Balaban J connectivity index is 1.90. The highest BCUT2D eigenvalue weighted by atomic mass is 35.5. The van der Waals surface area contributed by atoms with Gasteiger partial charge in [-0.25, -0.2) is 0 Å². The number of nitriles is 1. The molecule has 134 valence electrons. The highest BCUT2D eigenvalue weighted by Crippen LogP contribution is 2.31. The summed E-state index contributed by atoms with van der Waals surface area (Å²) in [5.74, 6) is 1.26. The molecule has 0 N–H and O–H groups in total. The van der Waals surface area contributed by atoms with Crippen LogP contribution in [0.4, 0.5) is 0 Å². The lowest BCUT2D eigenvalue weighted by molar-refractivity contribution is 0.284. The number of halogens is 1. The smallest absolute Gasteiger partial charge is 0.162 e. The summed E-state index contributed by atoms with van der Waals surface area (Å²) in [6, 6.07) is 25.0. The van der Waals surface area contributed by atoms with Crippen LogP contribution in [0, 0.1) is 11.3 Å². The summed E-state index contributed by atoms with van der Waals surface area (Å²) in [6.07, 6.45) is 1.79. The average molecular weight is 376 g/mol. The molecule has 0 saturated heterocycles. The second-order valence-electron chi connectivity index (χ2n) is 5.83. The zero-order valence-corrected chi connectivity index (χ0v) is 15.6. The van der Waals surface area contributed by atoms with Crippen LogP contribution >= 0.6 is 11.6 Å². The van der Waals surface area contributed by atoms with Crippen LogP contribution in [0.3, 0.4) is 0 Å². The van der Waals surface area contributed by atoms with Crippen molar-refractivity contribution in [3.8, 4) is 17.6 Å². The Kier molecular flexibility index (Phi) is 6.14. The first-order chi connectivity index (χ1) is 13.2. The molecule has 3 aromatic carbocycles. The van der Waals surface area contributed by atoms with Gasteiger partial charge in [0.2, 0.25) is 0 Å². The molecule has 0 spiro atoms. The van der Waals surface area contributed by atoms with Gasteiger partial charge in [0.05, 0.1) is 18.8 Å². The minimum absolute atomic E-state index is 0.431. The molecule has 0 fully saturated rings. The van der Waals surface area contributed by atoms with Crippen molar-refractivity contribution in [3.63, 3.8) is 0 Å². The van der Waals surface area contributed by atoms with Gasteiger partial charge in [-0.2, -0.15) is 5.26 Å². The topological polar surface area (TPSA) is 42.2 Å². The molecule has 0 amide bonds. The number of hydrogen-bond donors (Lipinski definition) is 0. The van der Waals surface area contributed by atoms with E-state index < -0.39 is 0 Å². The highest BCUT2D eigenvalue weighted by Gasteiger charge is 2.09. The van der Waals surface area contributed by atoms with Crippen LogP contribution in [0.5, 0.6) is 11.5 Å². The molecular weight excluding hydrogens is 358 g/mol. The largest absolute Gasteiger partial charge is 0.493 e. The van der Waals surface area contributed by atoms with Gasteiger partial charge in [-0.1, -0.05) is 66.2 Å². The number of hydrogen-bond acceptors (Lipinski definition) is 3. The van der Waals surface area contributed by atoms with E-state index in [1.165, 1.54) is 0 Å².